The molecule has 0 aromatic heterocycles. The highest BCUT2D eigenvalue weighted by atomic mass is 32.2. The van der Waals surface area contributed by atoms with Gasteiger partial charge in [-0.3, -0.25) is 4.79 Å². The molecule has 0 atom stereocenters. The fourth-order valence-electron chi connectivity index (χ4n) is 2.58. The zero-order chi connectivity index (χ0) is 15.5. The molecule has 0 spiro atoms. The molecule has 2 rings (SSSR count). The van der Waals surface area contributed by atoms with Crippen LogP contribution in [-0.4, -0.2) is 21.4 Å². The third-order valence-electron chi connectivity index (χ3n) is 3.76. The van der Waals surface area contributed by atoms with E-state index in [1.54, 1.807) is 0 Å². The van der Waals surface area contributed by atoms with E-state index in [0.29, 0.717) is 11.3 Å². The maximum atomic E-state index is 12.0. The third kappa shape index (κ3) is 3.95. The average molecular weight is 312 g/mol. The van der Waals surface area contributed by atoms with Crippen LogP contribution in [0.15, 0.2) is 23.1 Å². The van der Waals surface area contributed by atoms with Crippen molar-refractivity contribution in [3.63, 3.8) is 0 Å². The number of benzene rings is 1. The molecule has 1 saturated carbocycles. The van der Waals surface area contributed by atoms with Gasteiger partial charge in [-0.05, 0) is 31.0 Å². The molecule has 1 aliphatic rings. The van der Waals surface area contributed by atoms with Gasteiger partial charge in [-0.25, -0.2) is 13.6 Å². The number of nitrogens with one attached hydrogen (secondary N) is 1. The van der Waals surface area contributed by atoms with E-state index >= 15 is 0 Å². The molecule has 0 unspecified atom stereocenters. The van der Waals surface area contributed by atoms with Gasteiger partial charge in [0.05, 0.1) is 12.0 Å². The minimum Gasteiger partial charge on any atom is -0.496 e. The van der Waals surface area contributed by atoms with Gasteiger partial charge in [0, 0.05) is 18.0 Å². The van der Waals surface area contributed by atoms with E-state index in [0.717, 1.165) is 25.7 Å². The van der Waals surface area contributed by atoms with Gasteiger partial charge in [0.2, 0.25) is 15.9 Å². The number of amides is 1. The van der Waals surface area contributed by atoms with E-state index in [1.807, 2.05) is 0 Å². The monoisotopic (exact) mass is 312 g/mol. The number of ether oxygens (including phenoxy) is 1. The summed E-state index contributed by atoms with van der Waals surface area (Å²) in [6.45, 7) is 0.224. The number of hydrogen-bond donors (Lipinski definition) is 2. The summed E-state index contributed by atoms with van der Waals surface area (Å²) in [6.07, 6.45) is 4.00. The Hall–Kier alpha value is -1.60. The first-order valence-electron chi connectivity index (χ1n) is 6.89. The fourth-order valence-corrected chi connectivity index (χ4v) is 3.15. The minimum absolute atomic E-state index is 0.00779. The second-order valence-electron chi connectivity index (χ2n) is 5.22. The van der Waals surface area contributed by atoms with E-state index in [2.05, 4.69) is 5.32 Å². The van der Waals surface area contributed by atoms with Crippen LogP contribution >= 0.6 is 0 Å². The highest BCUT2D eigenvalue weighted by molar-refractivity contribution is 7.89. The maximum Gasteiger partial charge on any atom is 0.238 e. The van der Waals surface area contributed by atoms with Crippen molar-refractivity contribution >= 4 is 15.9 Å². The summed E-state index contributed by atoms with van der Waals surface area (Å²) < 4.78 is 27.9. The summed E-state index contributed by atoms with van der Waals surface area (Å²) in [4.78, 5) is 12.0. The van der Waals surface area contributed by atoms with Crippen LogP contribution in [0.5, 0.6) is 5.75 Å². The Kier molecular flexibility index (Phi) is 4.84. The molecule has 0 heterocycles. The third-order valence-corrected chi connectivity index (χ3v) is 4.67. The van der Waals surface area contributed by atoms with Crippen molar-refractivity contribution in [2.24, 2.45) is 11.1 Å². The topological polar surface area (TPSA) is 98.5 Å². The van der Waals surface area contributed by atoms with Crippen LogP contribution in [0.2, 0.25) is 0 Å². The van der Waals surface area contributed by atoms with Crippen LogP contribution in [0.4, 0.5) is 0 Å². The van der Waals surface area contributed by atoms with Gasteiger partial charge >= 0.3 is 0 Å². The second kappa shape index (κ2) is 6.44. The molecule has 7 heteroatoms. The van der Waals surface area contributed by atoms with E-state index in [-0.39, 0.29) is 23.3 Å². The van der Waals surface area contributed by atoms with Gasteiger partial charge in [-0.2, -0.15) is 0 Å². The lowest BCUT2D eigenvalue weighted by molar-refractivity contribution is -0.124. The first kappa shape index (κ1) is 15.8. The summed E-state index contributed by atoms with van der Waals surface area (Å²) in [5.74, 6) is 0.599. The largest absolute Gasteiger partial charge is 0.496 e. The van der Waals surface area contributed by atoms with Gasteiger partial charge < -0.3 is 10.1 Å². The number of nitrogens with two attached hydrogens (primary N) is 1. The number of sulfonamides is 1. The summed E-state index contributed by atoms with van der Waals surface area (Å²) in [5, 5.41) is 7.96. The molecule has 116 valence electrons. The number of primary sulfonamides is 1. The lowest BCUT2D eigenvalue weighted by atomic mass is 10.1. The molecule has 1 fully saturated rings. The fraction of sp³-hybridized carbons (Fsp3) is 0.500. The normalized spacial score (nSPS) is 15.9. The Morgan fingerprint density at radius 3 is 2.62 bits per heavy atom. The lowest BCUT2D eigenvalue weighted by Gasteiger charge is -2.13. The number of carbonyl (C=O) groups excluding carboxylic acids is 1. The Labute approximate surface area is 124 Å². The van der Waals surface area contributed by atoms with Crippen molar-refractivity contribution in [1.82, 2.24) is 5.32 Å². The van der Waals surface area contributed by atoms with Crippen LogP contribution in [0, 0.1) is 5.92 Å². The number of methoxy groups -OCH3 is 1. The molecule has 0 radical (unpaired) electrons. The molecule has 1 aromatic carbocycles. The smallest absolute Gasteiger partial charge is 0.238 e. The molecule has 1 amide bonds. The number of hydrogen-bond acceptors (Lipinski definition) is 4. The van der Waals surface area contributed by atoms with Gasteiger partial charge in [-0.1, -0.05) is 12.8 Å². The van der Waals surface area contributed by atoms with Crippen molar-refractivity contribution in [2.45, 2.75) is 37.1 Å². The highest BCUT2D eigenvalue weighted by Crippen LogP contribution is 2.25. The van der Waals surface area contributed by atoms with Crippen LogP contribution in [0.25, 0.3) is 0 Å². The minimum atomic E-state index is -3.77. The first-order chi connectivity index (χ1) is 9.91. The Morgan fingerprint density at radius 1 is 1.38 bits per heavy atom. The van der Waals surface area contributed by atoms with Crippen LogP contribution in [0.1, 0.15) is 31.2 Å². The van der Waals surface area contributed by atoms with Gasteiger partial charge in [-0.15, -0.1) is 0 Å². The molecular formula is C14H20N2O4S. The van der Waals surface area contributed by atoms with Crippen molar-refractivity contribution < 1.29 is 17.9 Å². The molecule has 1 aromatic rings. The predicted molar refractivity (Wildman–Crippen MR) is 78.2 cm³/mol. The Bertz CT molecular complexity index is 622. The molecule has 0 bridgehead atoms. The zero-order valence-corrected chi connectivity index (χ0v) is 12.8. The standard InChI is InChI=1S/C14H20N2O4S/c1-20-13-7-6-12(21(15,18)19)8-11(13)9-16-14(17)10-4-2-3-5-10/h6-8,10H,2-5,9H2,1H3,(H,16,17)(H2,15,18,19). The summed E-state index contributed by atoms with van der Waals surface area (Å²) >= 11 is 0. The summed E-state index contributed by atoms with van der Waals surface area (Å²) in [5.41, 5.74) is 0.593. The van der Waals surface area contributed by atoms with Crippen molar-refractivity contribution in [1.29, 1.82) is 0 Å². The number of carbonyl (C=O) groups is 1. The molecule has 21 heavy (non-hydrogen) atoms. The lowest BCUT2D eigenvalue weighted by Crippen LogP contribution is -2.29. The molecule has 0 aliphatic heterocycles. The summed E-state index contributed by atoms with van der Waals surface area (Å²) in [6, 6.07) is 4.36. The number of rotatable bonds is 5. The Morgan fingerprint density at radius 2 is 2.05 bits per heavy atom. The maximum absolute atomic E-state index is 12.0. The quantitative estimate of drug-likeness (QED) is 0.852. The van der Waals surface area contributed by atoms with Crippen molar-refractivity contribution in [3.8, 4) is 5.75 Å². The predicted octanol–water partition coefficient (Wildman–Crippen LogP) is 1.15. The second-order valence-corrected chi connectivity index (χ2v) is 6.78. The molecule has 0 saturated heterocycles. The van der Waals surface area contributed by atoms with E-state index in [1.165, 1.54) is 25.3 Å². The Balaban J connectivity index is 2.12. The zero-order valence-electron chi connectivity index (χ0n) is 12.0. The van der Waals surface area contributed by atoms with E-state index < -0.39 is 10.0 Å². The molecule has 6 nitrogen and oxygen atoms in total. The van der Waals surface area contributed by atoms with Crippen molar-refractivity contribution in [3.05, 3.63) is 23.8 Å². The van der Waals surface area contributed by atoms with Gasteiger partial charge in [0.15, 0.2) is 0 Å². The van der Waals surface area contributed by atoms with Crippen LogP contribution in [0.3, 0.4) is 0 Å². The molecule has 1 aliphatic carbocycles. The SMILES string of the molecule is COc1ccc(S(N)(=O)=O)cc1CNC(=O)C1CCCC1. The van der Waals surface area contributed by atoms with E-state index in [4.69, 9.17) is 9.88 Å². The van der Waals surface area contributed by atoms with Crippen LogP contribution in [-0.2, 0) is 21.4 Å². The van der Waals surface area contributed by atoms with E-state index in [9.17, 15) is 13.2 Å². The first-order valence-corrected chi connectivity index (χ1v) is 8.44. The highest BCUT2D eigenvalue weighted by Gasteiger charge is 2.22. The van der Waals surface area contributed by atoms with Gasteiger partial charge in [0.1, 0.15) is 5.75 Å². The summed E-state index contributed by atoms with van der Waals surface area (Å²) in [7, 11) is -2.28. The van der Waals surface area contributed by atoms with Gasteiger partial charge in [0.25, 0.3) is 0 Å². The average Bonchev–Trinajstić information content (AvgIpc) is 2.97. The van der Waals surface area contributed by atoms with Crippen molar-refractivity contribution in [2.75, 3.05) is 7.11 Å². The molecule has 3 N–H and O–H groups in total. The van der Waals surface area contributed by atoms with Crippen LogP contribution < -0.4 is 15.2 Å². The molecular weight excluding hydrogens is 292 g/mol.